The lowest BCUT2D eigenvalue weighted by Gasteiger charge is -2.15. The molecule has 0 aromatic heterocycles. The van der Waals surface area contributed by atoms with E-state index in [0.29, 0.717) is 35.7 Å². The summed E-state index contributed by atoms with van der Waals surface area (Å²) in [5, 5.41) is 4.87. The van der Waals surface area contributed by atoms with Crippen LogP contribution in [0.2, 0.25) is 5.02 Å². The molecule has 2 fully saturated rings. The van der Waals surface area contributed by atoms with Crippen LogP contribution in [0.4, 0.5) is 0 Å². The number of rotatable bonds is 8. The predicted octanol–water partition coefficient (Wildman–Crippen LogP) is 6.36. The van der Waals surface area contributed by atoms with Gasteiger partial charge in [0.05, 0.1) is 17.3 Å². The number of halogens is 2. The Bertz CT molecular complexity index is 1030. The highest BCUT2D eigenvalue weighted by atomic mass is 79.9. The highest BCUT2D eigenvalue weighted by Crippen LogP contribution is 2.66. The van der Waals surface area contributed by atoms with E-state index in [-0.39, 0.29) is 17.2 Å². The number of ether oxygens (including phenoxy) is 2. The Morgan fingerprint density at radius 2 is 2.12 bits per heavy atom. The molecule has 0 saturated heterocycles. The second-order valence-corrected chi connectivity index (χ2v) is 9.97. The van der Waals surface area contributed by atoms with E-state index in [4.69, 9.17) is 21.1 Å². The zero-order chi connectivity index (χ0) is 22.7. The van der Waals surface area contributed by atoms with Crippen LogP contribution in [-0.2, 0) is 11.4 Å². The maximum Gasteiger partial charge on any atom is 0.244 e. The smallest absolute Gasteiger partial charge is 0.244 e. The van der Waals surface area contributed by atoms with Crippen LogP contribution >= 0.6 is 27.5 Å². The van der Waals surface area contributed by atoms with Gasteiger partial charge in [-0.1, -0.05) is 49.6 Å². The first-order chi connectivity index (χ1) is 15.4. The van der Waals surface area contributed by atoms with Gasteiger partial charge in [-0.2, -0.15) is 5.10 Å². The molecular weight excluding hydrogens is 492 g/mol. The first kappa shape index (κ1) is 23.1. The Morgan fingerprint density at radius 3 is 2.84 bits per heavy atom. The van der Waals surface area contributed by atoms with Crippen molar-refractivity contribution in [3.63, 3.8) is 0 Å². The highest BCUT2D eigenvalue weighted by Gasteiger charge is 2.64. The number of hydrazone groups is 1. The van der Waals surface area contributed by atoms with Gasteiger partial charge in [-0.3, -0.25) is 4.79 Å². The predicted molar refractivity (Wildman–Crippen MR) is 130 cm³/mol. The van der Waals surface area contributed by atoms with Crippen molar-refractivity contribution >= 4 is 39.7 Å². The van der Waals surface area contributed by atoms with Gasteiger partial charge in [-0.25, -0.2) is 5.43 Å². The molecule has 5 nitrogen and oxygen atoms in total. The standard InChI is InChI=1S/C25H28BrClN2O3/c1-3-31-21-13-16(12-19(26)23(21)32-15-17-8-4-5-10-20(17)27)14-28-29-24(30)22-18-9-6-7-11-25(18,22)2/h4-5,8,10,12-14,18,22H,3,6-7,9,11,15H2,1-2H3,(H,29,30)/b28-14-/t18-,22+,25+/m1/s1. The van der Waals surface area contributed by atoms with Gasteiger partial charge < -0.3 is 9.47 Å². The summed E-state index contributed by atoms with van der Waals surface area (Å²) < 4.78 is 12.6. The minimum absolute atomic E-state index is 0.0273. The summed E-state index contributed by atoms with van der Waals surface area (Å²) in [7, 11) is 0. The summed E-state index contributed by atoms with van der Waals surface area (Å²) in [4.78, 5) is 12.6. The van der Waals surface area contributed by atoms with Crippen molar-refractivity contribution in [2.24, 2.45) is 22.4 Å². The number of fused-ring (bicyclic) bond motifs is 1. The van der Waals surface area contributed by atoms with Crippen LogP contribution in [0, 0.1) is 17.3 Å². The molecule has 4 rings (SSSR count). The molecule has 2 aromatic rings. The number of carbonyl (C=O) groups is 1. The molecule has 7 heteroatoms. The largest absolute Gasteiger partial charge is 0.490 e. The number of nitrogens with one attached hydrogen (secondary N) is 1. The summed E-state index contributed by atoms with van der Waals surface area (Å²) in [6.45, 7) is 4.97. The van der Waals surface area contributed by atoms with E-state index in [0.717, 1.165) is 28.4 Å². The number of hydrogen-bond donors (Lipinski definition) is 1. The third kappa shape index (κ3) is 4.81. The average molecular weight is 520 g/mol. The topological polar surface area (TPSA) is 59.9 Å². The second-order valence-electron chi connectivity index (χ2n) is 8.71. The van der Waals surface area contributed by atoms with Gasteiger partial charge in [-0.05, 0) is 70.8 Å². The van der Waals surface area contributed by atoms with E-state index >= 15 is 0 Å². The highest BCUT2D eigenvalue weighted by molar-refractivity contribution is 9.10. The molecule has 2 saturated carbocycles. The lowest BCUT2D eigenvalue weighted by Crippen LogP contribution is -2.22. The summed E-state index contributed by atoms with van der Waals surface area (Å²) in [5.74, 6) is 1.83. The third-order valence-corrected chi connectivity index (χ3v) is 7.62. The zero-order valence-electron chi connectivity index (χ0n) is 18.4. The Kier molecular flexibility index (Phi) is 7.11. The number of amides is 1. The molecule has 0 aliphatic heterocycles. The van der Waals surface area contributed by atoms with Crippen LogP contribution in [0.1, 0.15) is 50.7 Å². The fourth-order valence-corrected chi connectivity index (χ4v) is 5.69. The van der Waals surface area contributed by atoms with E-state index in [1.165, 1.54) is 12.8 Å². The van der Waals surface area contributed by atoms with Crippen LogP contribution in [0.5, 0.6) is 11.5 Å². The van der Waals surface area contributed by atoms with Gasteiger partial charge in [-0.15, -0.1) is 0 Å². The van der Waals surface area contributed by atoms with Crippen molar-refractivity contribution in [3.05, 3.63) is 57.0 Å². The summed E-state index contributed by atoms with van der Waals surface area (Å²) in [6.07, 6.45) is 6.38. The zero-order valence-corrected chi connectivity index (χ0v) is 20.7. The van der Waals surface area contributed by atoms with Crippen LogP contribution < -0.4 is 14.9 Å². The monoisotopic (exact) mass is 518 g/mol. The summed E-state index contributed by atoms with van der Waals surface area (Å²) in [6, 6.07) is 11.3. The SMILES string of the molecule is CCOc1cc(/C=N\NC(=O)[C@@H]2[C@H]3CCCC[C@@]32C)cc(Br)c1OCc1ccccc1Cl. The van der Waals surface area contributed by atoms with E-state index in [9.17, 15) is 4.79 Å². The molecule has 2 aliphatic rings. The first-order valence-corrected chi connectivity index (χ1v) is 12.3. The molecule has 2 aromatic carbocycles. The quantitative estimate of drug-likeness (QED) is 0.326. The molecule has 1 amide bonds. The number of nitrogens with zero attached hydrogens (tertiary/aromatic N) is 1. The van der Waals surface area contributed by atoms with Crippen LogP contribution in [0.3, 0.4) is 0 Å². The van der Waals surface area contributed by atoms with Gasteiger partial charge >= 0.3 is 0 Å². The number of benzene rings is 2. The fraction of sp³-hybridized carbons (Fsp3) is 0.440. The minimum atomic E-state index is 0.0273. The molecule has 0 radical (unpaired) electrons. The van der Waals surface area contributed by atoms with E-state index in [2.05, 4.69) is 33.4 Å². The Hall–Kier alpha value is -2.05. The van der Waals surface area contributed by atoms with E-state index in [1.807, 2.05) is 43.3 Å². The normalized spacial score (nSPS) is 24.1. The van der Waals surface area contributed by atoms with E-state index in [1.54, 1.807) is 6.21 Å². The lowest BCUT2D eigenvalue weighted by molar-refractivity contribution is -0.123. The molecule has 0 bridgehead atoms. The van der Waals surface area contributed by atoms with Gasteiger partial charge in [0, 0.05) is 16.5 Å². The van der Waals surface area contributed by atoms with Crippen molar-refractivity contribution < 1.29 is 14.3 Å². The summed E-state index contributed by atoms with van der Waals surface area (Å²) in [5.41, 5.74) is 4.60. The van der Waals surface area contributed by atoms with Crippen molar-refractivity contribution in [2.45, 2.75) is 46.1 Å². The maximum atomic E-state index is 12.6. The number of carbonyl (C=O) groups excluding carboxylic acids is 1. The van der Waals surface area contributed by atoms with Crippen molar-refractivity contribution in [2.75, 3.05) is 6.61 Å². The Morgan fingerprint density at radius 1 is 1.31 bits per heavy atom. The van der Waals surface area contributed by atoms with Gasteiger partial charge in [0.25, 0.3) is 0 Å². The molecule has 0 heterocycles. The fourth-order valence-electron chi connectivity index (χ4n) is 4.92. The third-order valence-electron chi connectivity index (χ3n) is 6.66. The van der Waals surface area contributed by atoms with Crippen LogP contribution in [-0.4, -0.2) is 18.7 Å². The van der Waals surface area contributed by atoms with Crippen molar-refractivity contribution in [3.8, 4) is 11.5 Å². The van der Waals surface area contributed by atoms with E-state index < -0.39 is 0 Å². The maximum absolute atomic E-state index is 12.6. The van der Waals surface area contributed by atoms with Gasteiger partial charge in [0.15, 0.2) is 11.5 Å². The van der Waals surface area contributed by atoms with Crippen molar-refractivity contribution in [1.29, 1.82) is 0 Å². The molecule has 1 N–H and O–H groups in total. The molecule has 32 heavy (non-hydrogen) atoms. The Balaban J connectivity index is 1.43. The molecule has 0 unspecified atom stereocenters. The first-order valence-electron chi connectivity index (χ1n) is 11.1. The van der Waals surface area contributed by atoms with Gasteiger partial charge in [0.1, 0.15) is 6.61 Å². The molecule has 3 atom stereocenters. The number of hydrogen-bond acceptors (Lipinski definition) is 4. The second kappa shape index (κ2) is 9.84. The average Bonchev–Trinajstić information content (AvgIpc) is 3.40. The summed E-state index contributed by atoms with van der Waals surface area (Å²) >= 11 is 9.82. The lowest BCUT2D eigenvalue weighted by atomic mass is 9.90. The minimum Gasteiger partial charge on any atom is -0.490 e. The van der Waals surface area contributed by atoms with Gasteiger partial charge in [0.2, 0.25) is 5.91 Å². The van der Waals surface area contributed by atoms with Crippen LogP contribution in [0.25, 0.3) is 0 Å². The molecule has 170 valence electrons. The molecule has 0 spiro atoms. The Labute approximate surface area is 202 Å². The van der Waals surface area contributed by atoms with Crippen molar-refractivity contribution in [1.82, 2.24) is 5.43 Å². The molecule has 2 aliphatic carbocycles. The van der Waals surface area contributed by atoms with Crippen LogP contribution in [0.15, 0.2) is 46.0 Å². The molecular formula is C25H28BrClN2O3.